The quantitative estimate of drug-likeness (QED) is 0.919. The molecule has 0 radical (unpaired) electrons. The van der Waals surface area contributed by atoms with Crippen LogP contribution in [0.15, 0.2) is 24.3 Å². The van der Waals surface area contributed by atoms with Crippen molar-refractivity contribution in [1.29, 1.82) is 0 Å². The van der Waals surface area contributed by atoms with E-state index in [1.807, 2.05) is 6.92 Å². The monoisotopic (exact) mass is 279 g/mol. The van der Waals surface area contributed by atoms with Crippen LogP contribution in [0, 0.1) is 11.7 Å². The number of carbonyl (C=O) groups is 2. The van der Waals surface area contributed by atoms with Gasteiger partial charge >= 0.3 is 5.97 Å². The Morgan fingerprint density at radius 1 is 1.50 bits per heavy atom. The topological polar surface area (TPSA) is 57.6 Å². The van der Waals surface area contributed by atoms with E-state index in [0.717, 1.165) is 5.56 Å². The molecular formula is C15H18FNO3. The number of hydrogen-bond donors (Lipinski definition) is 1. The minimum absolute atomic E-state index is 0.0643. The first-order valence-corrected chi connectivity index (χ1v) is 6.73. The normalized spacial score (nSPS) is 19.9. The minimum Gasteiger partial charge on any atom is -0.481 e. The van der Waals surface area contributed by atoms with E-state index in [-0.39, 0.29) is 30.6 Å². The first-order valence-electron chi connectivity index (χ1n) is 6.73. The Kier molecular flexibility index (Phi) is 4.37. The van der Waals surface area contributed by atoms with E-state index >= 15 is 0 Å². The fourth-order valence-corrected chi connectivity index (χ4v) is 2.51. The SMILES string of the molecule is CC(CC(=O)N1CCC(C(=O)O)C1)c1cccc(F)c1. The van der Waals surface area contributed by atoms with Crippen LogP contribution in [0.4, 0.5) is 4.39 Å². The number of rotatable bonds is 4. The van der Waals surface area contributed by atoms with Gasteiger partial charge in [0.2, 0.25) is 5.91 Å². The lowest BCUT2D eigenvalue weighted by Crippen LogP contribution is -2.30. The highest BCUT2D eigenvalue weighted by molar-refractivity contribution is 5.79. The van der Waals surface area contributed by atoms with Crippen LogP contribution in [0.25, 0.3) is 0 Å². The van der Waals surface area contributed by atoms with Crippen LogP contribution >= 0.6 is 0 Å². The summed E-state index contributed by atoms with van der Waals surface area (Å²) < 4.78 is 13.1. The summed E-state index contributed by atoms with van der Waals surface area (Å²) in [4.78, 5) is 24.6. The van der Waals surface area contributed by atoms with Crippen molar-refractivity contribution in [3.05, 3.63) is 35.6 Å². The Hall–Kier alpha value is -1.91. The average Bonchev–Trinajstić information content (AvgIpc) is 2.88. The standard InChI is InChI=1S/C15H18FNO3/c1-10(11-3-2-4-13(16)8-11)7-14(18)17-6-5-12(9-17)15(19)20/h2-4,8,10,12H,5-7,9H2,1H3,(H,19,20). The maximum Gasteiger partial charge on any atom is 0.308 e. The summed E-state index contributed by atoms with van der Waals surface area (Å²) in [6.07, 6.45) is 0.783. The molecule has 0 saturated carbocycles. The van der Waals surface area contributed by atoms with Gasteiger partial charge in [0.05, 0.1) is 5.92 Å². The lowest BCUT2D eigenvalue weighted by molar-refractivity contribution is -0.141. The molecule has 0 spiro atoms. The molecule has 4 nitrogen and oxygen atoms in total. The van der Waals surface area contributed by atoms with Crippen molar-refractivity contribution < 1.29 is 19.1 Å². The minimum atomic E-state index is -0.849. The summed E-state index contributed by atoms with van der Waals surface area (Å²) in [5.74, 6) is -1.76. The van der Waals surface area contributed by atoms with Gasteiger partial charge in [-0.25, -0.2) is 4.39 Å². The number of halogens is 1. The van der Waals surface area contributed by atoms with Crippen molar-refractivity contribution in [2.45, 2.75) is 25.7 Å². The molecule has 5 heteroatoms. The molecule has 1 N–H and O–H groups in total. The van der Waals surface area contributed by atoms with Gasteiger partial charge in [0.1, 0.15) is 5.82 Å². The molecule has 2 unspecified atom stereocenters. The molecule has 1 aromatic carbocycles. The summed E-state index contributed by atoms with van der Waals surface area (Å²) in [6, 6.07) is 6.23. The van der Waals surface area contributed by atoms with Crippen molar-refractivity contribution in [2.24, 2.45) is 5.92 Å². The maximum absolute atomic E-state index is 13.1. The van der Waals surface area contributed by atoms with E-state index in [9.17, 15) is 14.0 Å². The lowest BCUT2D eigenvalue weighted by atomic mass is 9.97. The van der Waals surface area contributed by atoms with Gasteiger partial charge in [-0.2, -0.15) is 0 Å². The maximum atomic E-state index is 13.1. The average molecular weight is 279 g/mol. The summed E-state index contributed by atoms with van der Waals surface area (Å²) in [5, 5.41) is 8.92. The molecule has 1 aliphatic rings. The Labute approximate surface area is 117 Å². The van der Waals surface area contributed by atoms with E-state index in [2.05, 4.69) is 0 Å². The van der Waals surface area contributed by atoms with E-state index in [1.165, 1.54) is 12.1 Å². The van der Waals surface area contributed by atoms with Gasteiger partial charge in [-0.3, -0.25) is 9.59 Å². The summed E-state index contributed by atoms with van der Waals surface area (Å²) in [7, 11) is 0. The third kappa shape index (κ3) is 3.35. The van der Waals surface area contributed by atoms with Gasteiger partial charge in [0, 0.05) is 19.5 Å². The number of benzene rings is 1. The third-order valence-corrected chi connectivity index (χ3v) is 3.79. The van der Waals surface area contributed by atoms with Crippen LogP contribution < -0.4 is 0 Å². The highest BCUT2D eigenvalue weighted by Crippen LogP contribution is 2.23. The van der Waals surface area contributed by atoms with Crippen molar-refractivity contribution in [3.8, 4) is 0 Å². The fraction of sp³-hybridized carbons (Fsp3) is 0.467. The van der Waals surface area contributed by atoms with Gasteiger partial charge in [0.25, 0.3) is 0 Å². The molecule has 1 aromatic rings. The molecule has 0 aliphatic carbocycles. The zero-order valence-corrected chi connectivity index (χ0v) is 11.4. The molecule has 1 aliphatic heterocycles. The molecule has 0 bridgehead atoms. The molecular weight excluding hydrogens is 261 g/mol. The zero-order chi connectivity index (χ0) is 14.7. The van der Waals surface area contributed by atoms with Gasteiger partial charge in [-0.15, -0.1) is 0 Å². The Morgan fingerprint density at radius 2 is 2.25 bits per heavy atom. The van der Waals surface area contributed by atoms with E-state index in [0.29, 0.717) is 13.0 Å². The molecule has 0 aromatic heterocycles. The van der Waals surface area contributed by atoms with Crippen LogP contribution in [-0.4, -0.2) is 35.0 Å². The third-order valence-electron chi connectivity index (χ3n) is 3.79. The van der Waals surface area contributed by atoms with Gasteiger partial charge in [0.15, 0.2) is 0 Å². The van der Waals surface area contributed by atoms with Crippen LogP contribution in [0.5, 0.6) is 0 Å². The van der Waals surface area contributed by atoms with E-state index < -0.39 is 11.9 Å². The van der Waals surface area contributed by atoms with Crippen LogP contribution in [0.1, 0.15) is 31.2 Å². The van der Waals surface area contributed by atoms with Crippen molar-refractivity contribution in [1.82, 2.24) is 4.90 Å². The number of nitrogens with zero attached hydrogens (tertiary/aromatic N) is 1. The predicted molar refractivity (Wildman–Crippen MR) is 71.8 cm³/mol. The van der Waals surface area contributed by atoms with Crippen LogP contribution in [-0.2, 0) is 9.59 Å². The van der Waals surface area contributed by atoms with E-state index in [1.54, 1.807) is 17.0 Å². The molecule has 1 heterocycles. The van der Waals surface area contributed by atoms with E-state index in [4.69, 9.17) is 5.11 Å². The first kappa shape index (κ1) is 14.5. The Morgan fingerprint density at radius 3 is 2.85 bits per heavy atom. The van der Waals surface area contributed by atoms with Crippen molar-refractivity contribution in [2.75, 3.05) is 13.1 Å². The molecule has 1 amide bonds. The predicted octanol–water partition coefficient (Wildman–Crippen LogP) is 2.25. The highest BCUT2D eigenvalue weighted by atomic mass is 19.1. The number of carbonyl (C=O) groups excluding carboxylic acids is 1. The number of amides is 1. The first-order chi connectivity index (χ1) is 9.47. The number of likely N-dealkylation sites (tertiary alicyclic amines) is 1. The van der Waals surface area contributed by atoms with Crippen molar-refractivity contribution >= 4 is 11.9 Å². The Bertz CT molecular complexity index is 518. The molecule has 2 rings (SSSR count). The lowest BCUT2D eigenvalue weighted by Gasteiger charge is -2.19. The zero-order valence-electron chi connectivity index (χ0n) is 11.4. The number of carboxylic acid groups (broad SMARTS) is 1. The molecule has 1 saturated heterocycles. The van der Waals surface area contributed by atoms with Crippen LogP contribution in [0.2, 0.25) is 0 Å². The Balaban J connectivity index is 1.93. The second kappa shape index (κ2) is 6.03. The van der Waals surface area contributed by atoms with Gasteiger partial charge in [-0.05, 0) is 30.0 Å². The molecule has 1 fully saturated rings. The smallest absolute Gasteiger partial charge is 0.308 e. The summed E-state index contributed by atoms with van der Waals surface area (Å²) in [6.45, 7) is 2.65. The van der Waals surface area contributed by atoms with Gasteiger partial charge in [-0.1, -0.05) is 19.1 Å². The fourth-order valence-electron chi connectivity index (χ4n) is 2.51. The molecule has 20 heavy (non-hydrogen) atoms. The number of aliphatic carboxylic acids is 1. The van der Waals surface area contributed by atoms with Gasteiger partial charge < -0.3 is 10.0 Å². The number of hydrogen-bond acceptors (Lipinski definition) is 2. The highest BCUT2D eigenvalue weighted by Gasteiger charge is 2.31. The van der Waals surface area contributed by atoms with Crippen LogP contribution in [0.3, 0.4) is 0 Å². The summed E-state index contributed by atoms with van der Waals surface area (Å²) >= 11 is 0. The molecule has 108 valence electrons. The summed E-state index contributed by atoms with van der Waals surface area (Å²) in [5.41, 5.74) is 0.785. The van der Waals surface area contributed by atoms with Crippen molar-refractivity contribution in [3.63, 3.8) is 0 Å². The number of carboxylic acids is 1. The second-order valence-electron chi connectivity index (χ2n) is 5.32. The molecule has 2 atom stereocenters. The largest absolute Gasteiger partial charge is 0.481 e. The second-order valence-corrected chi connectivity index (χ2v) is 5.32.